The standard InChI is InChI=1S/C25H35ClN4O2/c1-18-23(25(31)28-29-14-7-4-8-15-29)27-24(21-17-20(26)11-12-22(21)32-2)30(18)16-13-19-9-5-3-6-10-19/h11-12,17,19H,3-10,13-16H2,1-2H3,(H,28,31). The van der Waals surface area contributed by atoms with E-state index in [9.17, 15) is 4.79 Å². The average molecular weight is 459 g/mol. The summed E-state index contributed by atoms with van der Waals surface area (Å²) in [5.41, 5.74) is 5.28. The molecule has 2 aromatic rings. The molecule has 1 N–H and O–H groups in total. The maximum Gasteiger partial charge on any atom is 0.286 e. The molecule has 1 aromatic carbocycles. The Morgan fingerprint density at radius 2 is 1.88 bits per heavy atom. The number of nitrogens with zero attached hydrogens (tertiary/aromatic N) is 3. The molecule has 0 bridgehead atoms. The van der Waals surface area contributed by atoms with E-state index in [1.165, 1.54) is 38.5 Å². The largest absolute Gasteiger partial charge is 0.496 e. The van der Waals surface area contributed by atoms with Crippen LogP contribution in [0.5, 0.6) is 5.75 Å². The summed E-state index contributed by atoms with van der Waals surface area (Å²) in [5.74, 6) is 2.07. The lowest BCUT2D eigenvalue weighted by Crippen LogP contribution is -2.45. The number of hydrazine groups is 1. The number of ether oxygens (including phenoxy) is 1. The van der Waals surface area contributed by atoms with Gasteiger partial charge in [-0.15, -0.1) is 0 Å². The van der Waals surface area contributed by atoms with E-state index in [0.29, 0.717) is 16.5 Å². The van der Waals surface area contributed by atoms with Gasteiger partial charge in [0.05, 0.1) is 12.7 Å². The van der Waals surface area contributed by atoms with Crippen molar-refractivity contribution in [2.24, 2.45) is 5.92 Å². The molecule has 0 radical (unpaired) electrons. The van der Waals surface area contributed by atoms with Gasteiger partial charge < -0.3 is 9.30 Å². The topological polar surface area (TPSA) is 59.4 Å². The fourth-order valence-electron chi connectivity index (χ4n) is 5.07. The SMILES string of the molecule is COc1ccc(Cl)cc1-c1nc(C(=O)NN2CCCCC2)c(C)n1CCC1CCCCC1. The maximum absolute atomic E-state index is 13.2. The number of hydrogen-bond acceptors (Lipinski definition) is 4. The summed E-state index contributed by atoms with van der Waals surface area (Å²) in [6.45, 7) is 4.62. The summed E-state index contributed by atoms with van der Waals surface area (Å²) >= 11 is 6.33. The summed E-state index contributed by atoms with van der Waals surface area (Å²) in [7, 11) is 1.65. The van der Waals surface area contributed by atoms with Crippen molar-refractivity contribution in [1.82, 2.24) is 20.0 Å². The summed E-state index contributed by atoms with van der Waals surface area (Å²) in [5, 5.41) is 2.64. The van der Waals surface area contributed by atoms with Crippen LogP contribution in [-0.4, -0.2) is 40.7 Å². The quantitative estimate of drug-likeness (QED) is 0.584. The number of methoxy groups -OCH3 is 1. The van der Waals surface area contributed by atoms with Gasteiger partial charge in [0.25, 0.3) is 5.91 Å². The van der Waals surface area contributed by atoms with Gasteiger partial charge in [-0.2, -0.15) is 0 Å². The van der Waals surface area contributed by atoms with E-state index >= 15 is 0 Å². The Kier molecular flexibility index (Phi) is 7.74. The molecule has 0 spiro atoms. The fourth-order valence-corrected chi connectivity index (χ4v) is 5.24. The highest BCUT2D eigenvalue weighted by Gasteiger charge is 2.25. The van der Waals surface area contributed by atoms with Crippen molar-refractivity contribution in [2.75, 3.05) is 20.2 Å². The highest BCUT2D eigenvalue weighted by molar-refractivity contribution is 6.30. The van der Waals surface area contributed by atoms with Gasteiger partial charge in [0, 0.05) is 30.4 Å². The Morgan fingerprint density at radius 1 is 1.16 bits per heavy atom. The molecule has 0 unspecified atom stereocenters. The molecule has 174 valence electrons. The number of nitrogens with one attached hydrogen (secondary N) is 1. The van der Waals surface area contributed by atoms with Crippen LogP contribution in [-0.2, 0) is 6.54 Å². The first-order valence-corrected chi connectivity index (χ1v) is 12.4. The summed E-state index contributed by atoms with van der Waals surface area (Å²) in [6, 6.07) is 5.56. The van der Waals surface area contributed by atoms with Crippen LogP contribution in [0.2, 0.25) is 5.02 Å². The molecule has 1 saturated heterocycles. The Bertz CT molecular complexity index is 930. The van der Waals surface area contributed by atoms with Crippen LogP contribution >= 0.6 is 11.6 Å². The highest BCUT2D eigenvalue weighted by atomic mass is 35.5. The molecule has 1 amide bonds. The molecule has 2 aliphatic rings. The van der Waals surface area contributed by atoms with Crippen LogP contribution in [0, 0.1) is 12.8 Å². The molecular formula is C25H35ClN4O2. The Balaban J connectivity index is 1.65. The minimum atomic E-state index is -0.136. The Labute approximate surface area is 196 Å². The van der Waals surface area contributed by atoms with Crippen molar-refractivity contribution in [3.05, 3.63) is 34.6 Å². The molecule has 2 heterocycles. The number of carbonyl (C=O) groups excluding carboxylic acids is 1. The number of halogens is 1. The number of piperidine rings is 1. The first kappa shape index (κ1) is 23.1. The lowest BCUT2D eigenvalue weighted by atomic mass is 9.87. The van der Waals surface area contributed by atoms with Crippen LogP contribution in [0.3, 0.4) is 0 Å². The third-order valence-corrected chi connectivity index (χ3v) is 7.17. The number of hydrogen-bond donors (Lipinski definition) is 1. The molecular weight excluding hydrogens is 424 g/mol. The van der Waals surface area contributed by atoms with Crippen LogP contribution in [0.4, 0.5) is 0 Å². The zero-order chi connectivity index (χ0) is 22.5. The van der Waals surface area contributed by atoms with Crippen LogP contribution < -0.4 is 10.2 Å². The molecule has 7 heteroatoms. The Morgan fingerprint density at radius 3 is 2.59 bits per heavy atom. The van der Waals surface area contributed by atoms with Gasteiger partial charge in [0.15, 0.2) is 5.69 Å². The number of aromatic nitrogens is 2. The number of benzene rings is 1. The number of imidazole rings is 1. The Hall–Kier alpha value is -2.05. The zero-order valence-electron chi connectivity index (χ0n) is 19.3. The van der Waals surface area contributed by atoms with E-state index in [2.05, 4.69) is 9.99 Å². The second-order valence-corrected chi connectivity index (χ2v) is 9.58. The van der Waals surface area contributed by atoms with Gasteiger partial charge in [-0.05, 0) is 50.3 Å². The third-order valence-electron chi connectivity index (χ3n) is 6.94. The predicted octanol–water partition coefficient (Wildman–Crippen LogP) is 5.62. The van der Waals surface area contributed by atoms with Crippen molar-refractivity contribution in [3.63, 3.8) is 0 Å². The van der Waals surface area contributed by atoms with Crippen LogP contribution in [0.25, 0.3) is 11.4 Å². The van der Waals surface area contributed by atoms with E-state index in [0.717, 1.165) is 61.9 Å². The van der Waals surface area contributed by atoms with Crippen molar-refractivity contribution in [3.8, 4) is 17.1 Å². The molecule has 1 aromatic heterocycles. The number of carbonyl (C=O) groups is 1. The molecule has 0 atom stereocenters. The van der Waals surface area contributed by atoms with Gasteiger partial charge >= 0.3 is 0 Å². The van der Waals surface area contributed by atoms with E-state index in [-0.39, 0.29) is 5.91 Å². The van der Waals surface area contributed by atoms with E-state index < -0.39 is 0 Å². The van der Waals surface area contributed by atoms with Gasteiger partial charge in [-0.3, -0.25) is 10.2 Å². The summed E-state index contributed by atoms with van der Waals surface area (Å²) in [4.78, 5) is 18.0. The van der Waals surface area contributed by atoms with Crippen molar-refractivity contribution < 1.29 is 9.53 Å². The molecule has 4 rings (SSSR count). The smallest absolute Gasteiger partial charge is 0.286 e. The summed E-state index contributed by atoms with van der Waals surface area (Å²) in [6.07, 6.45) is 11.1. The fraction of sp³-hybridized carbons (Fsp3) is 0.600. The maximum atomic E-state index is 13.2. The van der Waals surface area contributed by atoms with Crippen LogP contribution in [0.15, 0.2) is 18.2 Å². The average Bonchev–Trinajstić information content (AvgIpc) is 3.15. The number of rotatable bonds is 7. The van der Waals surface area contributed by atoms with E-state index in [1.807, 2.05) is 30.1 Å². The minimum Gasteiger partial charge on any atom is -0.496 e. The third kappa shape index (κ3) is 5.29. The van der Waals surface area contributed by atoms with Crippen molar-refractivity contribution >= 4 is 17.5 Å². The minimum absolute atomic E-state index is 0.136. The highest BCUT2D eigenvalue weighted by Crippen LogP contribution is 2.34. The van der Waals surface area contributed by atoms with Gasteiger partial charge in [-0.1, -0.05) is 50.1 Å². The molecule has 1 aliphatic heterocycles. The summed E-state index contributed by atoms with van der Waals surface area (Å²) < 4.78 is 7.80. The monoisotopic (exact) mass is 458 g/mol. The first-order chi connectivity index (χ1) is 15.6. The van der Waals surface area contributed by atoms with Crippen LogP contribution in [0.1, 0.15) is 74.0 Å². The second-order valence-electron chi connectivity index (χ2n) is 9.15. The molecule has 6 nitrogen and oxygen atoms in total. The molecule has 32 heavy (non-hydrogen) atoms. The van der Waals surface area contributed by atoms with Gasteiger partial charge in [-0.25, -0.2) is 9.99 Å². The lowest BCUT2D eigenvalue weighted by molar-refractivity contribution is 0.0744. The first-order valence-electron chi connectivity index (χ1n) is 12.0. The molecule has 2 fully saturated rings. The van der Waals surface area contributed by atoms with Gasteiger partial charge in [0.2, 0.25) is 0 Å². The normalized spacial score (nSPS) is 18.0. The van der Waals surface area contributed by atoms with Gasteiger partial charge in [0.1, 0.15) is 11.6 Å². The van der Waals surface area contributed by atoms with E-state index in [4.69, 9.17) is 21.3 Å². The lowest BCUT2D eigenvalue weighted by Gasteiger charge is -2.26. The molecule has 1 aliphatic carbocycles. The van der Waals surface area contributed by atoms with E-state index in [1.54, 1.807) is 7.11 Å². The second kappa shape index (κ2) is 10.7. The zero-order valence-corrected chi connectivity index (χ0v) is 20.1. The van der Waals surface area contributed by atoms with Crippen molar-refractivity contribution in [1.29, 1.82) is 0 Å². The number of amides is 1. The van der Waals surface area contributed by atoms with Crippen molar-refractivity contribution in [2.45, 2.75) is 71.3 Å². The molecule has 1 saturated carbocycles. The predicted molar refractivity (Wildman–Crippen MR) is 128 cm³/mol.